The van der Waals surface area contributed by atoms with Crippen molar-refractivity contribution in [3.05, 3.63) is 108 Å². The van der Waals surface area contributed by atoms with Crippen LogP contribution in [-0.4, -0.2) is 49.3 Å². The van der Waals surface area contributed by atoms with Gasteiger partial charge in [0.25, 0.3) is 5.91 Å². The van der Waals surface area contributed by atoms with Gasteiger partial charge < -0.3 is 19.3 Å². The summed E-state index contributed by atoms with van der Waals surface area (Å²) in [5, 5.41) is 8.99. The van der Waals surface area contributed by atoms with Crippen LogP contribution in [-0.2, 0) is 16.0 Å². The first-order chi connectivity index (χ1) is 19.5. The molecule has 0 unspecified atom stereocenters. The van der Waals surface area contributed by atoms with E-state index in [0.717, 1.165) is 12.0 Å². The lowest BCUT2D eigenvalue weighted by molar-refractivity contribution is -0.129. The zero-order valence-corrected chi connectivity index (χ0v) is 23.1. The summed E-state index contributed by atoms with van der Waals surface area (Å²) >= 11 is 0. The fourth-order valence-electron chi connectivity index (χ4n) is 4.55. The molecule has 40 heavy (non-hydrogen) atoms. The van der Waals surface area contributed by atoms with Crippen molar-refractivity contribution in [2.45, 2.75) is 37.8 Å². The molecule has 8 heteroatoms. The summed E-state index contributed by atoms with van der Waals surface area (Å²) in [6.07, 6.45) is 2.54. The van der Waals surface area contributed by atoms with E-state index in [1.807, 2.05) is 48.5 Å². The normalized spacial score (nSPS) is 18.0. The molecule has 8 nitrogen and oxygen atoms in total. The highest BCUT2D eigenvalue weighted by atomic mass is 16.5. The number of aliphatic imine (C=N–C) groups is 1. The zero-order valence-electron chi connectivity index (χ0n) is 23.1. The van der Waals surface area contributed by atoms with Gasteiger partial charge in [-0.15, -0.1) is 6.58 Å². The van der Waals surface area contributed by atoms with E-state index in [2.05, 4.69) is 48.6 Å². The minimum absolute atomic E-state index is 0.0721. The molecule has 1 amide bonds. The second-order valence-corrected chi connectivity index (χ2v) is 9.68. The molecule has 0 radical (unpaired) electrons. The van der Waals surface area contributed by atoms with Gasteiger partial charge >= 0.3 is 0 Å². The van der Waals surface area contributed by atoms with Crippen LogP contribution in [0.25, 0.3) is 0 Å². The Kier molecular flexibility index (Phi) is 9.94. The Bertz CT molecular complexity index is 1310. The molecule has 1 aliphatic rings. The topological polar surface area (TPSA) is 101 Å². The fourth-order valence-corrected chi connectivity index (χ4v) is 4.55. The van der Waals surface area contributed by atoms with Crippen molar-refractivity contribution in [3.63, 3.8) is 0 Å². The predicted octanol–water partition coefficient (Wildman–Crippen LogP) is 4.46. The number of carbonyl (C=O) groups excluding carboxylic acids is 1. The molecule has 1 aliphatic heterocycles. The van der Waals surface area contributed by atoms with Gasteiger partial charge in [0.1, 0.15) is 11.5 Å². The lowest BCUT2D eigenvalue weighted by Gasteiger charge is -2.29. The smallest absolute Gasteiger partial charge is 0.266 e. The van der Waals surface area contributed by atoms with Gasteiger partial charge in [-0.05, 0) is 60.9 Å². The number of nitrogens with one attached hydrogen (secondary N) is 2. The molecule has 0 bridgehead atoms. The third kappa shape index (κ3) is 6.89. The quantitative estimate of drug-likeness (QED) is 0.158. The van der Waals surface area contributed by atoms with E-state index < -0.39 is 11.6 Å². The minimum Gasteiger partial charge on any atom is -0.497 e. The van der Waals surface area contributed by atoms with Gasteiger partial charge in [-0.25, -0.2) is 10.4 Å². The number of aryl methyl sites for hydroxylation is 1. The Morgan fingerprint density at radius 1 is 1.12 bits per heavy atom. The molecular formula is C32H37N3O5. The lowest BCUT2D eigenvalue weighted by atomic mass is 9.84. The second kappa shape index (κ2) is 13.8. The summed E-state index contributed by atoms with van der Waals surface area (Å²) in [5.74, 6) is 1.37. The first kappa shape index (κ1) is 28.9. The number of carbonyl (C=O) groups is 1. The molecule has 3 N–H and O–H groups in total. The molecule has 0 aliphatic carbocycles. The number of hydrogen-bond acceptors (Lipinski definition) is 7. The number of methoxy groups -OCH3 is 1. The fraction of sp³-hybridized carbons (Fsp3) is 0.312. The minimum atomic E-state index is -1.30. The van der Waals surface area contributed by atoms with Gasteiger partial charge in [0.2, 0.25) is 5.90 Å². The molecule has 3 aromatic rings. The number of aliphatic hydroxyl groups excluding tert-OH is 1. The molecule has 0 saturated carbocycles. The Morgan fingerprint density at radius 3 is 2.60 bits per heavy atom. The number of aliphatic hydroxyl groups is 1. The average Bonchev–Trinajstić information content (AvgIpc) is 3.37. The van der Waals surface area contributed by atoms with E-state index in [-0.39, 0.29) is 18.9 Å². The number of hydrogen-bond donors (Lipinski definition) is 3. The largest absolute Gasteiger partial charge is 0.497 e. The number of benzene rings is 3. The molecule has 1 heterocycles. The van der Waals surface area contributed by atoms with Crippen LogP contribution in [0.4, 0.5) is 0 Å². The first-order valence-corrected chi connectivity index (χ1v) is 13.4. The molecular weight excluding hydrogens is 506 g/mol. The third-order valence-electron chi connectivity index (χ3n) is 6.74. The average molecular weight is 544 g/mol. The van der Waals surface area contributed by atoms with E-state index >= 15 is 0 Å². The summed E-state index contributed by atoms with van der Waals surface area (Å²) in [6.45, 7) is 7.02. The summed E-state index contributed by atoms with van der Waals surface area (Å²) < 4.78 is 17.5. The Hall–Kier alpha value is -4.14. The molecule has 0 spiro atoms. The van der Waals surface area contributed by atoms with Gasteiger partial charge in [0.15, 0.2) is 11.6 Å². The van der Waals surface area contributed by atoms with E-state index in [4.69, 9.17) is 24.3 Å². The second-order valence-electron chi connectivity index (χ2n) is 9.68. The maximum Gasteiger partial charge on any atom is 0.266 e. The number of hydrazine groups is 1. The molecule has 4 rings (SSSR count). The number of ether oxygens (including phenoxy) is 3. The Labute approximate surface area is 235 Å². The predicted molar refractivity (Wildman–Crippen MR) is 156 cm³/mol. The van der Waals surface area contributed by atoms with Gasteiger partial charge in [-0.3, -0.25) is 10.2 Å². The van der Waals surface area contributed by atoms with Crippen molar-refractivity contribution in [3.8, 4) is 11.5 Å². The first-order valence-electron chi connectivity index (χ1n) is 13.4. The van der Waals surface area contributed by atoms with Crippen LogP contribution in [0.1, 0.15) is 41.2 Å². The van der Waals surface area contributed by atoms with Gasteiger partial charge in [-0.2, -0.15) is 0 Å². The van der Waals surface area contributed by atoms with Crippen LogP contribution < -0.4 is 20.3 Å². The summed E-state index contributed by atoms with van der Waals surface area (Å²) in [7, 11) is 1.60. The van der Waals surface area contributed by atoms with Crippen LogP contribution in [0.2, 0.25) is 0 Å². The van der Waals surface area contributed by atoms with Crippen LogP contribution in [0.5, 0.6) is 11.5 Å². The van der Waals surface area contributed by atoms with E-state index in [9.17, 15) is 4.79 Å². The van der Waals surface area contributed by atoms with Crippen molar-refractivity contribution >= 4 is 11.8 Å². The number of nitrogens with zero attached hydrogens (tertiary/aromatic N) is 1. The van der Waals surface area contributed by atoms with Crippen molar-refractivity contribution in [1.82, 2.24) is 10.9 Å². The maximum atomic E-state index is 13.8. The van der Waals surface area contributed by atoms with E-state index in [1.165, 1.54) is 11.1 Å². The standard InChI is InChI=1S/C32H37N3O5/c1-4-18-32(31(37)35-33-19-17-24-11-9-23(2)10-12-24)29(26-7-5-8-28(22-26)38-3)40-30(34-32)25-13-15-27(16-14-25)39-21-6-20-36/h4-5,7-16,22,29,33,36H,1,6,17-21H2,2-3H3,(H,35,37)/t29-,32-/m0/s1. The van der Waals surface area contributed by atoms with Gasteiger partial charge in [0.05, 0.1) is 13.7 Å². The Morgan fingerprint density at radius 2 is 1.90 bits per heavy atom. The van der Waals surface area contributed by atoms with Crippen LogP contribution in [0, 0.1) is 6.92 Å². The Balaban J connectivity index is 1.58. The monoisotopic (exact) mass is 543 g/mol. The number of amides is 1. The van der Waals surface area contributed by atoms with Crippen molar-refractivity contribution in [2.24, 2.45) is 4.99 Å². The van der Waals surface area contributed by atoms with Crippen LogP contribution >= 0.6 is 0 Å². The molecule has 0 aromatic heterocycles. The van der Waals surface area contributed by atoms with E-state index in [1.54, 1.807) is 13.2 Å². The highest BCUT2D eigenvalue weighted by molar-refractivity contribution is 6.01. The summed E-state index contributed by atoms with van der Waals surface area (Å²) in [5.41, 5.74) is 8.51. The summed E-state index contributed by atoms with van der Waals surface area (Å²) in [6, 6.07) is 23.1. The number of rotatable bonds is 14. The summed E-state index contributed by atoms with van der Waals surface area (Å²) in [4.78, 5) is 18.7. The van der Waals surface area contributed by atoms with Crippen LogP contribution in [0.15, 0.2) is 90.4 Å². The highest BCUT2D eigenvalue weighted by Crippen LogP contribution is 2.43. The lowest BCUT2D eigenvalue weighted by Crippen LogP contribution is -2.52. The molecule has 3 aromatic carbocycles. The van der Waals surface area contributed by atoms with Crippen molar-refractivity contribution in [1.29, 1.82) is 0 Å². The van der Waals surface area contributed by atoms with Crippen molar-refractivity contribution < 1.29 is 24.1 Å². The molecule has 0 saturated heterocycles. The maximum absolute atomic E-state index is 13.8. The van der Waals surface area contributed by atoms with E-state index in [0.29, 0.717) is 42.5 Å². The molecule has 210 valence electrons. The van der Waals surface area contributed by atoms with Gasteiger partial charge in [-0.1, -0.05) is 48.0 Å². The highest BCUT2D eigenvalue weighted by Gasteiger charge is 2.52. The third-order valence-corrected chi connectivity index (χ3v) is 6.74. The van der Waals surface area contributed by atoms with Gasteiger partial charge in [0, 0.05) is 31.6 Å². The van der Waals surface area contributed by atoms with Crippen molar-refractivity contribution in [2.75, 3.05) is 26.9 Å². The zero-order chi connectivity index (χ0) is 28.4. The van der Waals surface area contributed by atoms with Crippen LogP contribution in [0.3, 0.4) is 0 Å². The SMILES string of the molecule is C=CC[C@]1(C(=O)NNCCc2ccc(C)cc2)N=C(c2ccc(OCCCO)cc2)O[C@H]1c1cccc(OC)c1. The molecule has 0 fully saturated rings. The molecule has 2 atom stereocenters.